The molecule has 4 aromatic rings. The van der Waals surface area contributed by atoms with E-state index in [1.165, 1.54) is 5.56 Å². The van der Waals surface area contributed by atoms with Gasteiger partial charge < -0.3 is 8.98 Å². The Morgan fingerprint density at radius 1 is 1.00 bits per heavy atom. The lowest BCUT2D eigenvalue weighted by Crippen LogP contribution is -2.09. The molecule has 0 amide bonds. The fourth-order valence-electron chi connectivity index (χ4n) is 3.27. The van der Waals surface area contributed by atoms with Crippen LogP contribution in [0.15, 0.2) is 77.7 Å². The molecule has 0 N–H and O–H groups in total. The predicted molar refractivity (Wildman–Crippen MR) is 103 cm³/mol. The molecule has 0 aliphatic rings. The molecule has 4 heteroatoms. The van der Waals surface area contributed by atoms with Gasteiger partial charge in [0, 0.05) is 24.0 Å². The van der Waals surface area contributed by atoms with E-state index in [4.69, 9.17) is 9.40 Å². The van der Waals surface area contributed by atoms with Crippen LogP contribution in [-0.4, -0.2) is 14.5 Å². The molecule has 3 heterocycles. The van der Waals surface area contributed by atoms with Gasteiger partial charge in [0.25, 0.3) is 0 Å². The third kappa shape index (κ3) is 3.18. The fourth-order valence-corrected chi connectivity index (χ4v) is 3.27. The van der Waals surface area contributed by atoms with Crippen LogP contribution in [0.25, 0.3) is 22.7 Å². The van der Waals surface area contributed by atoms with Gasteiger partial charge in [-0.1, -0.05) is 30.3 Å². The van der Waals surface area contributed by atoms with Crippen molar-refractivity contribution < 1.29 is 4.42 Å². The largest absolute Gasteiger partial charge is 0.460 e. The number of imidazole rings is 1. The molecule has 1 aromatic carbocycles. The highest BCUT2D eigenvalue weighted by atomic mass is 16.3. The minimum absolute atomic E-state index is 0.239. The molecule has 0 saturated carbocycles. The Balaban J connectivity index is 1.78. The highest BCUT2D eigenvalue weighted by Crippen LogP contribution is 2.34. The minimum atomic E-state index is 0.239. The van der Waals surface area contributed by atoms with Gasteiger partial charge in [0.2, 0.25) is 0 Å². The maximum Gasteiger partial charge on any atom is 0.152 e. The summed E-state index contributed by atoms with van der Waals surface area (Å²) in [6.45, 7) is 4.17. The van der Waals surface area contributed by atoms with Crippen LogP contribution in [0.4, 0.5) is 0 Å². The van der Waals surface area contributed by atoms with Gasteiger partial charge in [-0.05, 0) is 50.1 Å². The average molecular weight is 343 g/mol. The van der Waals surface area contributed by atoms with E-state index in [0.717, 1.165) is 34.9 Å². The first-order valence-electron chi connectivity index (χ1n) is 8.80. The van der Waals surface area contributed by atoms with Crippen molar-refractivity contribution in [3.8, 4) is 22.7 Å². The fraction of sp³-hybridized carbons (Fsp3) is 0.182. The Kier molecular flexibility index (Phi) is 4.40. The standard InChI is InChI=1S/C22H21N3O/c1-16(14-18-10-12-23-13-11-18)25-15-24-21(19-6-4-3-5-7-19)22(25)20-9-8-17(2)26-20/h3-13,15-16H,14H2,1-2H3/t16-/m0/s1. The van der Waals surface area contributed by atoms with Crippen molar-refractivity contribution in [3.63, 3.8) is 0 Å². The van der Waals surface area contributed by atoms with Crippen molar-refractivity contribution in [1.82, 2.24) is 14.5 Å². The predicted octanol–water partition coefficient (Wildman–Crippen LogP) is 5.32. The Morgan fingerprint density at radius 2 is 1.77 bits per heavy atom. The Morgan fingerprint density at radius 3 is 2.46 bits per heavy atom. The lowest BCUT2D eigenvalue weighted by Gasteiger charge is -2.16. The molecule has 1 atom stereocenters. The molecule has 0 aliphatic carbocycles. The molecule has 4 rings (SSSR count). The van der Waals surface area contributed by atoms with Crippen molar-refractivity contribution in [1.29, 1.82) is 0 Å². The van der Waals surface area contributed by atoms with Crippen molar-refractivity contribution in [2.75, 3.05) is 0 Å². The highest BCUT2D eigenvalue weighted by molar-refractivity contribution is 5.76. The van der Waals surface area contributed by atoms with Gasteiger partial charge in [0.05, 0.1) is 12.0 Å². The summed E-state index contributed by atoms with van der Waals surface area (Å²) in [6.07, 6.45) is 6.49. The first kappa shape index (κ1) is 16.3. The zero-order valence-corrected chi connectivity index (χ0v) is 15.0. The average Bonchev–Trinajstić information content (AvgIpc) is 3.29. The van der Waals surface area contributed by atoms with E-state index in [2.05, 4.69) is 40.7 Å². The summed E-state index contributed by atoms with van der Waals surface area (Å²) in [5.41, 5.74) is 4.31. The van der Waals surface area contributed by atoms with Crippen LogP contribution < -0.4 is 0 Å². The number of hydrogen-bond acceptors (Lipinski definition) is 3. The number of nitrogens with zero attached hydrogens (tertiary/aromatic N) is 3. The first-order valence-corrected chi connectivity index (χ1v) is 8.80. The monoisotopic (exact) mass is 343 g/mol. The number of benzene rings is 1. The molecule has 26 heavy (non-hydrogen) atoms. The summed E-state index contributed by atoms with van der Waals surface area (Å²) < 4.78 is 8.17. The van der Waals surface area contributed by atoms with E-state index in [0.29, 0.717) is 0 Å². The summed E-state index contributed by atoms with van der Waals surface area (Å²) in [5.74, 6) is 1.74. The van der Waals surface area contributed by atoms with Crippen LogP contribution in [0.3, 0.4) is 0 Å². The summed E-state index contributed by atoms with van der Waals surface area (Å²) in [4.78, 5) is 8.83. The van der Waals surface area contributed by atoms with Crippen LogP contribution in [0.5, 0.6) is 0 Å². The topological polar surface area (TPSA) is 43.9 Å². The number of aromatic nitrogens is 3. The van der Waals surface area contributed by atoms with Gasteiger partial charge in [-0.2, -0.15) is 0 Å². The minimum Gasteiger partial charge on any atom is -0.460 e. The van der Waals surface area contributed by atoms with Gasteiger partial charge in [0.15, 0.2) is 5.76 Å². The molecule has 0 radical (unpaired) electrons. The molecule has 0 fully saturated rings. The number of rotatable bonds is 5. The first-order chi connectivity index (χ1) is 12.7. The SMILES string of the molecule is Cc1ccc(-c2c(-c3ccccc3)ncn2[C@@H](C)Cc2ccncc2)o1. The summed E-state index contributed by atoms with van der Waals surface area (Å²) in [7, 11) is 0. The normalized spacial score (nSPS) is 12.2. The van der Waals surface area contributed by atoms with E-state index < -0.39 is 0 Å². The van der Waals surface area contributed by atoms with Crippen LogP contribution in [0.2, 0.25) is 0 Å². The number of pyridine rings is 1. The van der Waals surface area contributed by atoms with Gasteiger partial charge in [0.1, 0.15) is 11.5 Å². The van der Waals surface area contributed by atoms with E-state index in [1.807, 2.05) is 56.0 Å². The zero-order valence-electron chi connectivity index (χ0n) is 15.0. The third-order valence-electron chi connectivity index (χ3n) is 4.57. The van der Waals surface area contributed by atoms with Crippen LogP contribution in [0, 0.1) is 6.92 Å². The Labute approximate surface area is 153 Å². The smallest absolute Gasteiger partial charge is 0.152 e. The number of aryl methyl sites for hydroxylation is 1. The molecule has 3 aromatic heterocycles. The maximum absolute atomic E-state index is 5.96. The molecule has 4 nitrogen and oxygen atoms in total. The van der Waals surface area contributed by atoms with Crippen LogP contribution in [0.1, 0.15) is 24.3 Å². The van der Waals surface area contributed by atoms with Gasteiger partial charge in [-0.3, -0.25) is 4.98 Å². The van der Waals surface area contributed by atoms with Gasteiger partial charge >= 0.3 is 0 Å². The van der Waals surface area contributed by atoms with E-state index in [1.54, 1.807) is 0 Å². The zero-order chi connectivity index (χ0) is 17.9. The van der Waals surface area contributed by atoms with E-state index in [-0.39, 0.29) is 6.04 Å². The maximum atomic E-state index is 5.96. The lowest BCUT2D eigenvalue weighted by molar-refractivity contribution is 0.516. The van der Waals surface area contributed by atoms with Crippen molar-refractivity contribution in [3.05, 3.63) is 84.6 Å². The van der Waals surface area contributed by atoms with Crippen molar-refractivity contribution in [2.24, 2.45) is 0 Å². The molecule has 0 aliphatic heterocycles. The molecular weight excluding hydrogens is 322 g/mol. The second kappa shape index (κ2) is 7.00. The summed E-state index contributed by atoms with van der Waals surface area (Å²) in [5, 5.41) is 0. The lowest BCUT2D eigenvalue weighted by atomic mass is 10.1. The number of furan rings is 1. The molecule has 130 valence electrons. The van der Waals surface area contributed by atoms with Crippen LogP contribution >= 0.6 is 0 Å². The highest BCUT2D eigenvalue weighted by Gasteiger charge is 2.20. The molecule has 0 unspecified atom stereocenters. The van der Waals surface area contributed by atoms with E-state index in [9.17, 15) is 0 Å². The summed E-state index contributed by atoms with van der Waals surface area (Å²) in [6, 6.07) is 18.6. The van der Waals surface area contributed by atoms with Crippen molar-refractivity contribution >= 4 is 0 Å². The number of hydrogen-bond donors (Lipinski definition) is 0. The van der Waals surface area contributed by atoms with Crippen molar-refractivity contribution in [2.45, 2.75) is 26.3 Å². The summed E-state index contributed by atoms with van der Waals surface area (Å²) >= 11 is 0. The Hall–Kier alpha value is -3.14. The van der Waals surface area contributed by atoms with Gasteiger partial charge in [-0.25, -0.2) is 4.98 Å². The second-order valence-corrected chi connectivity index (χ2v) is 6.53. The van der Waals surface area contributed by atoms with E-state index >= 15 is 0 Å². The van der Waals surface area contributed by atoms with Gasteiger partial charge in [-0.15, -0.1) is 0 Å². The third-order valence-corrected chi connectivity index (χ3v) is 4.57. The van der Waals surface area contributed by atoms with Crippen LogP contribution in [-0.2, 0) is 6.42 Å². The molecular formula is C22H21N3O. The quantitative estimate of drug-likeness (QED) is 0.493. The second-order valence-electron chi connectivity index (χ2n) is 6.53. The molecule has 0 spiro atoms. The molecule has 0 bridgehead atoms. The Bertz CT molecular complexity index is 987. The molecule has 0 saturated heterocycles.